The molecule has 8 heteroatoms. The van der Waals surface area contributed by atoms with Crippen LogP contribution in [0.3, 0.4) is 0 Å². The van der Waals surface area contributed by atoms with Crippen LogP contribution in [0.1, 0.15) is 33.6 Å². The van der Waals surface area contributed by atoms with Crippen molar-refractivity contribution in [1.82, 2.24) is 4.90 Å². The van der Waals surface area contributed by atoms with Gasteiger partial charge in [0.2, 0.25) is 5.91 Å². The lowest BCUT2D eigenvalue weighted by molar-refractivity contribution is -0.155. The molecule has 1 fully saturated rings. The summed E-state index contributed by atoms with van der Waals surface area (Å²) in [6.07, 6.45) is 1.08. The molecule has 156 valence electrons. The summed E-state index contributed by atoms with van der Waals surface area (Å²) in [5.74, 6) is -0.779. The van der Waals surface area contributed by atoms with Gasteiger partial charge in [-0.15, -0.1) is 11.8 Å². The fourth-order valence-corrected chi connectivity index (χ4v) is 3.71. The number of likely N-dealkylation sites (tertiary alicyclic amines) is 1. The molecule has 1 aliphatic rings. The van der Waals surface area contributed by atoms with Gasteiger partial charge in [0.25, 0.3) is 5.91 Å². The molecule has 7 nitrogen and oxygen atoms in total. The third-order valence-electron chi connectivity index (χ3n) is 4.56. The number of amides is 2. The number of benzene rings is 1. The van der Waals surface area contributed by atoms with Crippen LogP contribution in [0.2, 0.25) is 0 Å². The van der Waals surface area contributed by atoms with E-state index in [1.807, 2.05) is 39.0 Å². The minimum atomic E-state index is -0.437. The summed E-state index contributed by atoms with van der Waals surface area (Å²) in [5.41, 5.74) is 0.149. The first-order valence-electron chi connectivity index (χ1n) is 9.57. The summed E-state index contributed by atoms with van der Waals surface area (Å²) in [6.45, 7) is 6.32. The molecule has 2 amide bonds. The highest BCUT2D eigenvalue weighted by Crippen LogP contribution is 2.27. The van der Waals surface area contributed by atoms with Crippen LogP contribution in [0.4, 0.5) is 5.69 Å². The maximum Gasteiger partial charge on any atom is 0.309 e. The van der Waals surface area contributed by atoms with Crippen LogP contribution in [-0.4, -0.2) is 48.1 Å². The van der Waals surface area contributed by atoms with Gasteiger partial charge in [0, 0.05) is 23.4 Å². The van der Waals surface area contributed by atoms with Crippen LogP contribution >= 0.6 is 11.8 Å². The Labute approximate surface area is 175 Å². The van der Waals surface area contributed by atoms with Crippen molar-refractivity contribution in [2.45, 2.75) is 38.5 Å². The number of piperidine rings is 1. The first kappa shape index (κ1) is 22.8. The van der Waals surface area contributed by atoms with E-state index in [4.69, 9.17) is 10.00 Å². The van der Waals surface area contributed by atoms with Crippen molar-refractivity contribution >= 4 is 35.2 Å². The number of nitrogens with zero attached hydrogens (tertiary/aromatic N) is 2. The molecule has 0 atom stereocenters. The lowest BCUT2D eigenvalue weighted by atomic mass is 9.91. The van der Waals surface area contributed by atoms with Crippen LogP contribution in [-0.2, 0) is 19.1 Å². The highest BCUT2D eigenvalue weighted by atomic mass is 32.2. The average Bonchev–Trinajstić information content (AvgIpc) is 2.70. The second-order valence-corrected chi connectivity index (χ2v) is 8.93. The summed E-state index contributed by atoms with van der Waals surface area (Å²) in [4.78, 5) is 39.3. The van der Waals surface area contributed by atoms with Crippen molar-refractivity contribution in [2.24, 2.45) is 11.3 Å². The molecule has 1 saturated heterocycles. The van der Waals surface area contributed by atoms with Gasteiger partial charge in [0.1, 0.15) is 0 Å². The number of rotatable bonds is 6. The Morgan fingerprint density at radius 3 is 2.52 bits per heavy atom. The minimum absolute atomic E-state index is 0.0802. The van der Waals surface area contributed by atoms with Crippen molar-refractivity contribution in [3.8, 4) is 6.07 Å². The van der Waals surface area contributed by atoms with Gasteiger partial charge in [-0.25, -0.2) is 0 Å². The smallest absolute Gasteiger partial charge is 0.309 e. The van der Waals surface area contributed by atoms with Crippen molar-refractivity contribution in [3.05, 3.63) is 24.3 Å². The molecule has 0 spiro atoms. The Morgan fingerprint density at radius 2 is 1.90 bits per heavy atom. The molecular weight excluding hydrogens is 390 g/mol. The van der Waals surface area contributed by atoms with Gasteiger partial charge in [-0.05, 0) is 25.0 Å². The normalized spacial score (nSPS) is 14.8. The van der Waals surface area contributed by atoms with Gasteiger partial charge in [0.15, 0.2) is 6.61 Å². The van der Waals surface area contributed by atoms with Crippen molar-refractivity contribution in [1.29, 1.82) is 5.26 Å². The van der Waals surface area contributed by atoms with E-state index in [2.05, 4.69) is 5.32 Å². The van der Waals surface area contributed by atoms with Gasteiger partial charge in [-0.3, -0.25) is 14.4 Å². The summed E-state index contributed by atoms with van der Waals surface area (Å²) >= 11 is 1.32. The fourth-order valence-electron chi connectivity index (χ4n) is 3.04. The topological polar surface area (TPSA) is 99.5 Å². The van der Waals surface area contributed by atoms with Crippen LogP contribution in [0.5, 0.6) is 0 Å². The number of carbonyl (C=O) groups is 3. The van der Waals surface area contributed by atoms with E-state index in [0.717, 1.165) is 4.90 Å². The van der Waals surface area contributed by atoms with Crippen molar-refractivity contribution < 1.29 is 19.1 Å². The summed E-state index contributed by atoms with van der Waals surface area (Å²) < 4.78 is 5.19. The maximum absolute atomic E-state index is 12.3. The zero-order valence-corrected chi connectivity index (χ0v) is 17.9. The Balaban J connectivity index is 1.79. The number of nitriles is 1. The zero-order chi connectivity index (χ0) is 21.4. The van der Waals surface area contributed by atoms with E-state index in [-0.39, 0.29) is 24.2 Å². The van der Waals surface area contributed by atoms with Crippen LogP contribution < -0.4 is 5.32 Å². The number of thioether (sulfide) groups is 1. The van der Waals surface area contributed by atoms with E-state index in [1.54, 1.807) is 17.0 Å². The van der Waals surface area contributed by atoms with E-state index in [1.165, 1.54) is 11.8 Å². The number of hydrogen-bond acceptors (Lipinski definition) is 6. The molecule has 29 heavy (non-hydrogen) atoms. The number of hydrogen-bond donors (Lipinski definition) is 1. The monoisotopic (exact) mass is 417 g/mol. The molecule has 0 aliphatic carbocycles. The number of anilines is 1. The molecule has 1 heterocycles. The quantitative estimate of drug-likeness (QED) is 0.564. The predicted octanol–water partition coefficient (Wildman–Crippen LogP) is 3.07. The maximum atomic E-state index is 12.3. The van der Waals surface area contributed by atoms with Gasteiger partial charge in [0.05, 0.1) is 23.4 Å². The molecule has 1 aromatic carbocycles. The molecule has 1 aromatic rings. The SMILES string of the molecule is CC(C)(C)C(=O)N1CCC(C(=O)OCC(=O)Nc2ccccc2SCC#N)CC1. The van der Waals surface area contributed by atoms with Crippen LogP contribution in [0.25, 0.3) is 0 Å². The van der Waals surface area contributed by atoms with Crippen LogP contribution in [0.15, 0.2) is 29.2 Å². The Kier molecular flexibility index (Phi) is 8.09. The first-order chi connectivity index (χ1) is 13.7. The van der Waals surface area contributed by atoms with Gasteiger partial charge >= 0.3 is 5.97 Å². The second kappa shape index (κ2) is 10.3. The highest BCUT2D eigenvalue weighted by Gasteiger charge is 2.33. The summed E-state index contributed by atoms with van der Waals surface area (Å²) in [5, 5.41) is 11.4. The molecular formula is C21H27N3O4S. The van der Waals surface area contributed by atoms with Crippen LogP contribution in [0, 0.1) is 22.7 Å². The third-order valence-corrected chi connectivity index (χ3v) is 5.50. The Bertz CT molecular complexity index is 790. The largest absolute Gasteiger partial charge is 0.455 e. The van der Waals surface area contributed by atoms with Gasteiger partial charge in [-0.2, -0.15) is 5.26 Å². The molecule has 0 bridgehead atoms. The summed E-state index contributed by atoms with van der Waals surface area (Å²) in [6, 6.07) is 9.21. The van der Waals surface area contributed by atoms with Gasteiger partial charge < -0.3 is 15.0 Å². The molecule has 1 aliphatic heterocycles. The molecule has 0 unspecified atom stereocenters. The minimum Gasteiger partial charge on any atom is -0.455 e. The predicted molar refractivity (Wildman–Crippen MR) is 111 cm³/mol. The van der Waals surface area contributed by atoms with E-state index >= 15 is 0 Å². The van der Waals surface area contributed by atoms with Gasteiger partial charge in [-0.1, -0.05) is 32.9 Å². The highest BCUT2D eigenvalue weighted by molar-refractivity contribution is 7.99. The van der Waals surface area contributed by atoms with E-state index in [0.29, 0.717) is 31.6 Å². The fraction of sp³-hybridized carbons (Fsp3) is 0.524. The van der Waals surface area contributed by atoms with Crippen molar-refractivity contribution in [3.63, 3.8) is 0 Å². The molecule has 2 rings (SSSR count). The molecule has 0 radical (unpaired) electrons. The van der Waals surface area contributed by atoms with E-state index in [9.17, 15) is 14.4 Å². The third kappa shape index (κ3) is 6.79. The molecule has 0 aromatic heterocycles. The zero-order valence-electron chi connectivity index (χ0n) is 17.1. The lowest BCUT2D eigenvalue weighted by Gasteiger charge is -2.34. The number of esters is 1. The lowest BCUT2D eigenvalue weighted by Crippen LogP contribution is -2.45. The number of para-hydroxylation sites is 1. The molecule has 1 N–H and O–H groups in total. The average molecular weight is 418 g/mol. The summed E-state index contributed by atoms with van der Waals surface area (Å²) in [7, 11) is 0. The number of ether oxygens (including phenoxy) is 1. The molecule has 0 saturated carbocycles. The second-order valence-electron chi connectivity index (χ2n) is 7.92. The number of carbonyl (C=O) groups excluding carboxylic acids is 3. The van der Waals surface area contributed by atoms with Crippen molar-refractivity contribution in [2.75, 3.05) is 30.8 Å². The number of nitrogens with one attached hydrogen (secondary N) is 1. The first-order valence-corrected chi connectivity index (χ1v) is 10.6. The van der Waals surface area contributed by atoms with E-state index < -0.39 is 17.3 Å². The Morgan fingerprint density at radius 1 is 1.24 bits per heavy atom. The Hall–Kier alpha value is -2.53. The standard InChI is InChI=1S/C21H27N3O4S/c1-21(2,3)20(27)24-11-8-15(9-12-24)19(26)28-14-18(25)23-16-6-4-5-7-17(16)29-13-10-22/h4-7,15H,8-9,11-14H2,1-3H3,(H,23,25).